The third-order valence-corrected chi connectivity index (χ3v) is 3.29. The Hall–Kier alpha value is -2.08. The van der Waals surface area contributed by atoms with Gasteiger partial charge in [0.25, 0.3) is 0 Å². The van der Waals surface area contributed by atoms with Crippen LogP contribution in [0.3, 0.4) is 0 Å². The SMILES string of the molecule is CC(C)(C)OC(=O)NCC1(N)CC1.COC(=O)Cc1ccccc1. The van der Waals surface area contributed by atoms with Crippen LogP contribution in [0.1, 0.15) is 39.2 Å². The molecular formula is C18H28N2O4. The summed E-state index contributed by atoms with van der Waals surface area (Å²) in [6.45, 7) is 6.02. The quantitative estimate of drug-likeness (QED) is 0.824. The summed E-state index contributed by atoms with van der Waals surface area (Å²) in [6.07, 6.45) is 1.95. The molecule has 6 heteroatoms. The minimum Gasteiger partial charge on any atom is -0.469 e. The Labute approximate surface area is 143 Å². The Morgan fingerprint density at radius 1 is 1.21 bits per heavy atom. The first kappa shape index (κ1) is 20.0. The standard InChI is InChI=1S/C9H18N2O2.C9H10O2/c1-8(2,3)13-7(12)11-6-9(10)4-5-9;1-11-9(10)7-8-5-3-2-4-6-8/h4-6,10H2,1-3H3,(H,11,12);2-6H,7H2,1H3. The largest absolute Gasteiger partial charge is 0.469 e. The highest BCUT2D eigenvalue weighted by Crippen LogP contribution is 2.30. The number of esters is 1. The first-order valence-electron chi connectivity index (χ1n) is 8.00. The molecule has 0 heterocycles. The van der Waals surface area contributed by atoms with Gasteiger partial charge in [-0.05, 0) is 39.2 Å². The first-order valence-corrected chi connectivity index (χ1v) is 8.00. The number of hydrogen-bond donors (Lipinski definition) is 2. The molecular weight excluding hydrogens is 308 g/mol. The number of rotatable bonds is 4. The molecule has 0 spiro atoms. The molecule has 6 nitrogen and oxygen atoms in total. The topological polar surface area (TPSA) is 90.7 Å². The van der Waals surface area contributed by atoms with Gasteiger partial charge >= 0.3 is 12.1 Å². The summed E-state index contributed by atoms with van der Waals surface area (Å²) in [4.78, 5) is 21.9. The van der Waals surface area contributed by atoms with Crippen LogP contribution in [0.25, 0.3) is 0 Å². The summed E-state index contributed by atoms with van der Waals surface area (Å²) in [5.74, 6) is -0.198. The summed E-state index contributed by atoms with van der Waals surface area (Å²) in [5.41, 5.74) is 6.18. The fourth-order valence-electron chi connectivity index (χ4n) is 1.73. The Morgan fingerprint density at radius 3 is 2.25 bits per heavy atom. The summed E-state index contributed by atoms with van der Waals surface area (Å²) in [6, 6.07) is 9.52. The van der Waals surface area contributed by atoms with E-state index in [1.54, 1.807) is 0 Å². The van der Waals surface area contributed by atoms with Crippen molar-refractivity contribution < 1.29 is 19.1 Å². The lowest BCUT2D eigenvalue weighted by Crippen LogP contribution is -2.41. The van der Waals surface area contributed by atoms with Crippen molar-refractivity contribution in [1.82, 2.24) is 5.32 Å². The molecule has 3 N–H and O–H groups in total. The van der Waals surface area contributed by atoms with Crippen molar-refractivity contribution in [1.29, 1.82) is 0 Å². The molecule has 1 amide bonds. The Bertz CT molecular complexity index is 534. The molecule has 1 aromatic rings. The third-order valence-electron chi connectivity index (χ3n) is 3.29. The molecule has 0 unspecified atom stereocenters. The zero-order chi connectivity index (χ0) is 18.2. The van der Waals surface area contributed by atoms with Crippen molar-refractivity contribution in [2.45, 2.75) is 51.2 Å². The Kier molecular flexibility index (Phi) is 7.22. The average molecular weight is 336 g/mol. The van der Waals surface area contributed by atoms with Crippen LogP contribution in [-0.2, 0) is 20.7 Å². The Morgan fingerprint density at radius 2 is 1.79 bits per heavy atom. The number of ether oxygens (including phenoxy) is 2. The lowest BCUT2D eigenvalue weighted by atomic mass is 10.2. The minimum absolute atomic E-state index is 0.156. The van der Waals surface area contributed by atoms with Gasteiger partial charge in [0, 0.05) is 12.1 Å². The molecule has 0 aromatic heterocycles. The van der Waals surface area contributed by atoms with Gasteiger partial charge in [0.2, 0.25) is 0 Å². The predicted molar refractivity (Wildman–Crippen MR) is 92.6 cm³/mol. The van der Waals surface area contributed by atoms with Crippen LogP contribution in [0, 0.1) is 0 Å². The maximum absolute atomic E-state index is 11.1. The highest BCUT2D eigenvalue weighted by Gasteiger charge is 2.38. The summed E-state index contributed by atoms with van der Waals surface area (Å²) < 4.78 is 9.57. The van der Waals surface area contributed by atoms with Gasteiger partial charge in [-0.1, -0.05) is 30.3 Å². The molecule has 1 aliphatic carbocycles. The molecule has 0 atom stereocenters. The van der Waals surface area contributed by atoms with E-state index in [0.717, 1.165) is 18.4 Å². The molecule has 1 aliphatic rings. The smallest absolute Gasteiger partial charge is 0.407 e. The van der Waals surface area contributed by atoms with E-state index in [1.165, 1.54) is 7.11 Å². The maximum atomic E-state index is 11.1. The van der Waals surface area contributed by atoms with Crippen molar-refractivity contribution in [3.8, 4) is 0 Å². The predicted octanol–water partition coefficient (Wildman–Crippen LogP) is 2.40. The fourth-order valence-corrected chi connectivity index (χ4v) is 1.73. The van der Waals surface area contributed by atoms with Crippen LogP contribution in [0.15, 0.2) is 30.3 Å². The van der Waals surface area contributed by atoms with E-state index in [4.69, 9.17) is 10.5 Å². The van der Waals surface area contributed by atoms with Gasteiger partial charge in [0.1, 0.15) is 5.60 Å². The van der Waals surface area contributed by atoms with Gasteiger partial charge < -0.3 is 20.5 Å². The first-order chi connectivity index (χ1) is 11.1. The Balaban J connectivity index is 0.000000243. The van der Waals surface area contributed by atoms with Crippen LogP contribution in [0.4, 0.5) is 4.79 Å². The van der Waals surface area contributed by atoms with Gasteiger partial charge in [-0.2, -0.15) is 0 Å². The van der Waals surface area contributed by atoms with Crippen LogP contribution in [0.2, 0.25) is 0 Å². The van der Waals surface area contributed by atoms with E-state index in [2.05, 4.69) is 10.1 Å². The van der Waals surface area contributed by atoms with Crippen molar-refractivity contribution in [2.24, 2.45) is 5.73 Å². The number of carbonyl (C=O) groups is 2. The molecule has 0 aliphatic heterocycles. The highest BCUT2D eigenvalue weighted by atomic mass is 16.6. The fraction of sp³-hybridized carbons (Fsp3) is 0.556. The average Bonchev–Trinajstić information content (AvgIpc) is 3.23. The zero-order valence-corrected chi connectivity index (χ0v) is 14.9. The third kappa shape index (κ3) is 9.15. The van der Waals surface area contributed by atoms with E-state index in [9.17, 15) is 9.59 Å². The molecule has 24 heavy (non-hydrogen) atoms. The lowest BCUT2D eigenvalue weighted by Gasteiger charge is -2.20. The molecule has 0 saturated heterocycles. The van der Waals surface area contributed by atoms with Gasteiger partial charge in [-0.15, -0.1) is 0 Å². The molecule has 0 radical (unpaired) electrons. The highest BCUT2D eigenvalue weighted by molar-refractivity contribution is 5.72. The van der Waals surface area contributed by atoms with Crippen LogP contribution in [0.5, 0.6) is 0 Å². The monoisotopic (exact) mass is 336 g/mol. The minimum atomic E-state index is -0.435. The van der Waals surface area contributed by atoms with E-state index in [1.807, 2.05) is 51.1 Å². The van der Waals surface area contributed by atoms with Gasteiger partial charge in [-0.25, -0.2) is 4.79 Å². The summed E-state index contributed by atoms with van der Waals surface area (Å²) >= 11 is 0. The second-order valence-corrected chi connectivity index (χ2v) is 6.96. The second-order valence-electron chi connectivity index (χ2n) is 6.96. The number of alkyl carbamates (subject to hydrolysis) is 1. The van der Waals surface area contributed by atoms with Gasteiger partial charge in [0.15, 0.2) is 0 Å². The van der Waals surface area contributed by atoms with Crippen LogP contribution >= 0.6 is 0 Å². The van der Waals surface area contributed by atoms with Crippen molar-refractivity contribution >= 4 is 12.1 Å². The van der Waals surface area contributed by atoms with E-state index < -0.39 is 5.60 Å². The zero-order valence-electron chi connectivity index (χ0n) is 14.9. The molecule has 2 rings (SSSR count). The van der Waals surface area contributed by atoms with Crippen LogP contribution in [-0.4, -0.2) is 36.9 Å². The molecule has 0 bridgehead atoms. The number of methoxy groups -OCH3 is 1. The van der Waals surface area contributed by atoms with Crippen molar-refractivity contribution in [3.63, 3.8) is 0 Å². The van der Waals surface area contributed by atoms with Gasteiger partial charge in [0.05, 0.1) is 13.5 Å². The number of amides is 1. The molecule has 1 aromatic carbocycles. The van der Waals surface area contributed by atoms with Crippen molar-refractivity contribution in [2.75, 3.05) is 13.7 Å². The molecule has 1 fully saturated rings. The van der Waals surface area contributed by atoms with E-state index in [0.29, 0.717) is 13.0 Å². The van der Waals surface area contributed by atoms with E-state index in [-0.39, 0.29) is 17.6 Å². The number of hydrogen-bond acceptors (Lipinski definition) is 5. The van der Waals surface area contributed by atoms with Gasteiger partial charge in [-0.3, -0.25) is 4.79 Å². The molecule has 1 saturated carbocycles. The summed E-state index contributed by atoms with van der Waals surface area (Å²) in [5, 5.41) is 2.66. The number of nitrogens with one attached hydrogen (secondary N) is 1. The van der Waals surface area contributed by atoms with E-state index >= 15 is 0 Å². The maximum Gasteiger partial charge on any atom is 0.407 e. The second kappa shape index (κ2) is 8.68. The number of carbonyl (C=O) groups excluding carboxylic acids is 2. The number of nitrogens with two attached hydrogens (primary N) is 1. The van der Waals surface area contributed by atoms with Crippen LogP contribution < -0.4 is 11.1 Å². The van der Waals surface area contributed by atoms with Crippen molar-refractivity contribution in [3.05, 3.63) is 35.9 Å². The molecule has 134 valence electrons. The lowest BCUT2D eigenvalue weighted by molar-refractivity contribution is -0.139. The normalized spacial score (nSPS) is 14.7. The number of benzene rings is 1. The summed E-state index contributed by atoms with van der Waals surface area (Å²) in [7, 11) is 1.39.